The molecule has 0 aliphatic rings. The summed E-state index contributed by atoms with van der Waals surface area (Å²) >= 11 is 0. The highest BCUT2D eigenvalue weighted by Crippen LogP contribution is 1.98. The number of halogens is 1. The van der Waals surface area contributed by atoms with Gasteiger partial charge in [0.1, 0.15) is 0 Å². The number of hydrogen-bond donors (Lipinski definition) is 3. The van der Waals surface area contributed by atoms with Crippen LogP contribution in [0.3, 0.4) is 0 Å². The van der Waals surface area contributed by atoms with E-state index in [2.05, 4.69) is 4.98 Å². The molecule has 25 heavy (non-hydrogen) atoms. The Morgan fingerprint density at radius 1 is 0.960 bits per heavy atom. The molecular weight excluding hydrogens is 335 g/mol. The number of nitrogens with zero attached hydrogens (tertiary/aromatic N) is 1. The first kappa shape index (κ1) is 17.5. The van der Waals surface area contributed by atoms with Gasteiger partial charge in [0.2, 0.25) is 5.82 Å². The molecule has 0 saturated carbocycles. The van der Waals surface area contributed by atoms with Crippen LogP contribution in [-0.4, -0.2) is 25.4 Å². The third-order valence-corrected chi connectivity index (χ3v) is 2.85. The van der Waals surface area contributed by atoms with Crippen molar-refractivity contribution in [3.05, 3.63) is 102 Å². The van der Waals surface area contributed by atoms with E-state index in [9.17, 15) is 28.4 Å². The van der Waals surface area contributed by atoms with Crippen molar-refractivity contribution in [2.45, 2.75) is 0 Å². The van der Waals surface area contributed by atoms with Gasteiger partial charge in [-0.15, -0.1) is 0 Å². The molecule has 128 valence electrons. The lowest BCUT2D eigenvalue weighted by molar-refractivity contribution is 0.0950. The molecule has 0 bridgehead atoms. The molecule has 3 aromatic rings. The molecule has 0 unspecified atom stereocenters. The highest BCUT2D eigenvalue weighted by Gasteiger charge is 2.12. The molecule has 10 heteroatoms. The van der Waals surface area contributed by atoms with Crippen LogP contribution >= 0.6 is 0 Å². The molecule has 0 fully saturated rings. The predicted octanol–water partition coefficient (Wildman–Crippen LogP) is -0.573. The Bertz CT molecular complexity index is 1080. The molecule has 0 spiro atoms. The van der Waals surface area contributed by atoms with E-state index in [1.54, 1.807) is 35.3 Å². The SMILES string of the molecule is O=C(c1ccccc1)n1c(=O)cc[nH]c1=O.O=c1[nH]cc(F)c(=O)[nH]1. The molecule has 3 N–H and O–H groups in total. The van der Waals surface area contributed by atoms with Crippen molar-refractivity contribution in [2.75, 3.05) is 0 Å². The van der Waals surface area contributed by atoms with Crippen molar-refractivity contribution in [3.8, 4) is 0 Å². The number of aromatic nitrogens is 4. The van der Waals surface area contributed by atoms with Crippen LogP contribution in [0.1, 0.15) is 10.4 Å². The molecule has 0 saturated heterocycles. The smallest absolute Gasteiger partial charge is 0.314 e. The third kappa shape index (κ3) is 4.34. The fraction of sp³-hybridized carbons (Fsp3) is 0. The van der Waals surface area contributed by atoms with Gasteiger partial charge in [-0.1, -0.05) is 18.2 Å². The zero-order valence-electron chi connectivity index (χ0n) is 12.5. The summed E-state index contributed by atoms with van der Waals surface area (Å²) in [5, 5.41) is 0. The number of carbonyl (C=O) groups excluding carboxylic acids is 1. The molecule has 0 radical (unpaired) electrons. The van der Waals surface area contributed by atoms with E-state index in [1.165, 1.54) is 6.20 Å². The van der Waals surface area contributed by atoms with Gasteiger partial charge in [0.05, 0.1) is 0 Å². The number of benzene rings is 1. The van der Waals surface area contributed by atoms with E-state index >= 15 is 0 Å². The second-order valence-electron chi connectivity index (χ2n) is 4.55. The van der Waals surface area contributed by atoms with Crippen molar-refractivity contribution in [2.24, 2.45) is 0 Å². The third-order valence-electron chi connectivity index (χ3n) is 2.85. The Morgan fingerprint density at radius 2 is 1.64 bits per heavy atom. The van der Waals surface area contributed by atoms with Gasteiger partial charge in [0, 0.05) is 24.0 Å². The lowest BCUT2D eigenvalue weighted by atomic mass is 10.2. The quantitative estimate of drug-likeness (QED) is 0.542. The van der Waals surface area contributed by atoms with Gasteiger partial charge < -0.3 is 9.97 Å². The Morgan fingerprint density at radius 3 is 2.20 bits per heavy atom. The van der Waals surface area contributed by atoms with Crippen LogP contribution in [0.15, 0.2) is 68.0 Å². The zero-order chi connectivity index (χ0) is 18.4. The molecule has 2 aromatic heterocycles. The largest absolute Gasteiger partial charge is 0.335 e. The van der Waals surface area contributed by atoms with Gasteiger partial charge in [-0.05, 0) is 12.1 Å². The molecule has 2 heterocycles. The van der Waals surface area contributed by atoms with Crippen LogP contribution in [0.5, 0.6) is 0 Å². The minimum Gasteiger partial charge on any atom is -0.314 e. The first-order valence-electron chi connectivity index (χ1n) is 6.78. The Labute approximate surface area is 137 Å². The van der Waals surface area contributed by atoms with Gasteiger partial charge in [-0.2, -0.15) is 8.96 Å². The average molecular weight is 346 g/mol. The van der Waals surface area contributed by atoms with E-state index in [4.69, 9.17) is 0 Å². The van der Waals surface area contributed by atoms with Crippen LogP contribution < -0.4 is 22.5 Å². The molecule has 0 aliphatic carbocycles. The highest BCUT2D eigenvalue weighted by molar-refractivity contribution is 5.95. The van der Waals surface area contributed by atoms with Gasteiger partial charge >= 0.3 is 11.4 Å². The first-order chi connectivity index (χ1) is 11.9. The van der Waals surface area contributed by atoms with Crippen LogP contribution in [0, 0.1) is 5.82 Å². The van der Waals surface area contributed by atoms with Gasteiger partial charge in [-0.25, -0.2) is 9.59 Å². The van der Waals surface area contributed by atoms with Gasteiger partial charge in [0.15, 0.2) is 0 Å². The van der Waals surface area contributed by atoms with E-state index in [0.29, 0.717) is 16.3 Å². The van der Waals surface area contributed by atoms with E-state index in [0.717, 1.165) is 6.07 Å². The van der Waals surface area contributed by atoms with E-state index in [-0.39, 0.29) is 0 Å². The van der Waals surface area contributed by atoms with Crippen molar-refractivity contribution >= 4 is 5.91 Å². The maximum Gasteiger partial charge on any atom is 0.335 e. The molecule has 0 amide bonds. The molecule has 9 nitrogen and oxygen atoms in total. The number of H-pyrrole nitrogens is 3. The molecule has 1 aromatic carbocycles. The topological polar surface area (TPSA) is 138 Å². The predicted molar refractivity (Wildman–Crippen MR) is 85.1 cm³/mol. The summed E-state index contributed by atoms with van der Waals surface area (Å²) in [4.78, 5) is 60.8. The zero-order valence-corrected chi connectivity index (χ0v) is 12.5. The monoisotopic (exact) mass is 346 g/mol. The van der Waals surface area contributed by atoms with E-state index < -0.39 is 34.2 Å². The summed E-state index contributed by atoms with van der Waals surface area (Å²) < 4.78 is 12.5. The normalized spacial score (nSPS) is 9.80. The summed E-state index contributed by atoms with van der Waals surface area (Å²) in [6.07, 6.45) is 1.92. The van der Waals surface area contributed by atoms with Crippen LogP contribution in [0.25, 0.3) is 0 Å². The molecule has 3 rings (SSSR count). The second kappa shape index (κ2) is 7.64. The second-order valence-corrected chi connectivity index (χ2v) is 4.55. The van der Waals surface area contributed by atoms with Crippen molar-refractivity contribution < 1.29 is 9.18 Å². The lowest BCUT2D eigenvalue weighted by Gasteiger charge is -2.01. The first-order valence-corrected chi connectivity index (χ1v) is 6.78. The summed E-state index contributed by atoms with van der Waals surface area (Å²) in [6.45, 7) is 0. The molecular formula is C15H11FN4O5. The molecule has 0 atom stereocenters. The summed E-state index contributed by atoms with van der Waals surface area (Å²) in [5.41, 5.74) is -2.79. The van der Waals surface area contributed by atoms with Gasteiger partial charge in [0.25, 0.3) is 17.0 Å². The fourth-order valence-electron chi connectivity index (χ4n) is 1.72. The van der Waals surface area contributed by atoms with Crippen molar-refractivity contribution in [3.63, 3.8) is 0 Å². The van der Waals surface area contributed by atoms with E-state index in [1.807, 2.05) is 4.98 Å². The number of nitrogens with one attached hydrogen (secondary N) is 3. The molecule has 0 aliphatic heterocycles. The Hall–Kier alpha value is -3.82. The summed E-state index contributed by atoms with van der Waals surface area (Å²) in [5.74, 6) is -1.62. The number of rotatable bonds is 1. The fourth-order valence-corrected chi connectivity index (χ4v) is 1.72. The summed E-state index contributed by atoms with van der Waals surface area (Å²) in [6, 6.07) is 9.28. The summed E-state index contributed by atoms with van der Waals surface area (Å²) in [7, 11) is 0. The maximum absolute atomic E-state index is 12.0. The van der Waals surface area contributed by atoms with Crippen molar-refractivity contribution in [1.82, 2.24) is 19.5 Å². The number of aromatic amines is 3. The average Bonchev–Trinajstić information content (AvgIpc) is 2.59. The van der Waals surface area contributed by atoms with Crippen LogP contribution in [0.2, 0.25) is 0 Å². The highest BCUT2D eigenvalue weighted by atomic mass is 19.1. The van der Waals surface area contributed by atoms with Crippen LogP contribution in [-0.2, 0) is 0 Å². The van der Waals surface area contributed by atoms with Crippen molar-refractivity contribution in [1.29, 1.82) is 0 Å². The maximum atomic E-state index is 12.0. The minimum atomic E-state index is -1.00. The number of carbonyl (C=O) groups is 1. The Balaban J connectivity index is 0.000000212. The Kier molecular flexibility index (Phi) is 5.36. The van der Waals surface area contributed by atoms with Crippen LogP contribution in [0.4, 0.5) is 4.39 Å². The van der Waals surface area contributed by atoms with Gasteiger partial charge in [-0.3, -0.25) is 19.4 Å². The number of hydrogen-bond acceptors (Lipinski definition) is 5. The minimum absolute atomic E-state index is 0.293. The standard InChI is InChI=1S/C11H8N2O3.C4H3FN2O2/c14-9-6-7-12-11(16)13(9)10(15)8-4-2-1-3-5-8;5-2-1-6-4(9)7-3(2)8/h1-7H,(H,12,16);1H,(H2,6,7,8,9). The lowest BCUT2D eigenvalue weighted by Crippen LogP contribution is -2.39.